The molecule has 0 saturated carbocycles. The lowest BCUT2D eigenvalue weighted by atomic mass is 10.0. The van der Waals surface area contributed by atoms with E-state index in [1.807, 2.05) is 45.6 Å². The van der Waals surface area contributed by atoms with Crippen molar-refractivity contribution < 1.29 is 9.47 Å². The highest BCUT2D eigenvalue weighted by atomic mass is 16.5. The Morgan fingerprint density at radius 3 is 3.04 bits per heavy atom. The summed E-state index contributed by atoms with van der Waals surface area (Å²) >= 11 is 0. The second-order valence-electron chi connectivity index (χ2n) is 5.94. The fourth-order valence-electron chi connectivity index (χ4n) is 3.27. The summed E-state index contributed by atoms with van der Waals surface area (Å²) in [6.07, 6.45) is 5.79. The molecular weight excluding hydrogens is 316 g/mol. The zero-order valence-corrected chi connectivity index (χ0v) is 13.7. The Bertz CT molecular complexity index is 1080. The van der Waals surface area contributed by atoms with Crippen molar-refractivity contribution in [2.24, 2.45) is 0 Å². The standard InChI is InChI=1S/C19H16N4O2/c1-24-15-4-2-3-13(11-15)18-17(19-23(21-18)9-10-25-19)14-5-6-16-20-7-8-22(16)12-14/h2-8,11-12H,9-10H2,1H3. The fraction of sp³-hybridized carbons (Fsp3) is 0.158. The molecular formula is C19H16N4O2. The van der Waals surface area contributed by atoms with Gasteiger partial charge in [0.25, 0.3) is 0 Å². The van der Waals surface area contributed by atoms with Crippen LogP contribution in [-0.4, -0.2) is 32.9 Å². The SMILES string of the molecule is COc1cccc(-c2nn3c(c2-c2ccc4nccn4c2)OCC3)c1. The van der Waals surface area contributed by atoms with Gasteiger partial charge in [0.1, 0.15) is 23.7 Å². The summed E-state index contributed by atoms with van der Waals surface area (Å²) in [5.41, 5.74) is 4.86. The van der Waals surface area contributed by atoms with Crippen LogP contribution in [0.2, 0.25) is 0 Å². The Morgan fingerprint density at radius 1 is 1.16 bits per heavy atom. The highest BCUT2D eigenvalue weighted by Crippen LogP contribution is 2.41. The fourth-order valence-corrected chi connectivity index (χ4v) is 3.27. The zero-order valence-electron chi connectivity index (χ0n) is 13.7. The number of ether oxygens (including phenoxy) is 2. The van der Waals surface area contributed by atoms with Crippen LogP contribution in [0.5, 0.6) is 11.6 Å². The van der Waals surface area contributed by atoms with Crippen LogP contribution in [0.3, 0.4) is 0 Å². The van der Waals surface area contributed by atoms with E-state index >= 15 is 0 Å². The van der Waals surface area contributed by atoms with Gasteiger partial charge in [-0.15, -0.1) is 0 Å². The quantitative estimate of drug-likeness (QED) is 0.578. The Morgan fingerprint density at radius 2 is 2.12 bits per heavy atom. The molecule has 0 unspecified atom stereocenters. The van der Waals surface area contributed by atoms with Crippen molar-refractivity contribution in [1.82, 2.24) is 19.2 Å². The normalized spacial score (nSPS) is 13.0. The lowest BCUT2D eigenvalue weighted by Crippen LogP contribution is -1.97. The molecule has 6 nitrogen and oxygen atoms in total. The predicted octanol–water partition coefficient (Wildman–Crippen LogP) is 3.27. The Hall–Kier alpha value is -3.28. The Kier molecular flexibility index (Phi) is 3.03. The number of hydrogen-bond acceptors (Lipinski definition) is 4. The van der Waals surface area contributed by atoms with E-state index in [1.54, 1.807) is 13.3 Å². The van der Waals surface area contributed by atoms with E-state index in [0.29, 0.717) is 6.61 Å². The monoisotopic (exact) mass is 332 g/mol. The van der Waals surface area contributed by atoms with E-state index in [-0.39, 0.29) is 0 Å². The molecule has 0 bridgehead atoms. The maximum absolute atomic E-state index is 5.88. The van der Waals surface area contributed by atoms with Gasteiger partial charge in [0, 0.05) is 29.7 Å². The van der Waals surface area contributed by atoms with Crippen LogP contribution in [0.4, 0.5) is 0 Å². The first-order valence-electron chi connectivity index (χ1n) is 8.14. The number of imidazole rings is 1. The molecule has 0 saturated heterocycles. The van der Waals surface area contributed by atoms with Gasteiger partial charge in [0.15, 0.2) is 0 Å². The van der Waals surface area contributed by atoms with Crippen LogP contribution in [0, 0.1) is 0 Å². The summed E-state index contributed by atoms with van der Waals surface area (Å²) in [6, 6.07) is 12.0. The smallest absolute Gasteiger partial charge is 0.220 e. The van der Waals surface area contributed by atoms with Gasteiger partial charge in [0.2, 0.25) is 5.88 Å². The third-order valence-electron chi connectivity index (χ3n) is 4.47. The minimum Gasteiger partial charge on any atom is -0.497 e. The van der Waals surface area contributed by atoms with Gasteiger partial charge in [-0.05, 0) is 24.3 Å². The molecule has 0 amide bonds. The molecule has 1 aromatic carbocycles. The number of hydrogen-bond donors (Lipinski definition) is 0. The van der Waals surface area contributed by atoms with Gasteiger partial charge < -0.3 is 13.9 Å². The molecule has 0 atom stereocenters. The average molecular weight is 332 g/mol. The molecule has 1 aliphatic heterocycles. The molecule has 0 spiro atoms. The van der Waals surface area contributed by atoms with Gasteiger partial charge in [0.05, 0.1) is 19.2 Å². The van der Waals surface area contributed by atoms with Crippen molar-refractivity contribution in [3.63, 3.8) is 0 Å². The molecule has 4 heterocycles. The van der Waals surface area contributed by atoms with E-state index in [4.69, 9.17) is 14.6 Å². The lowest BCUT2D eigenvalue weighted by Gasteiger charge is -2.07. The number of fused-ring (bicyclic) bond motifs is 2. The van der Waals surface area contributed by atoms with Gasteiger partial charge in [-0.1, -0.05) is 12.1 Å². The third-order valence-corrected chi connectivity index (χ3v) is 4.47. The van der Waals surface area contributed by atoms with Crippen LogP contribution in [0.1, 0.15) is 0 Å². The highest BCUT2D eigenvalue weighted by molar-refractivity contribution is 5.85. The minimum absolute atomic E-state index is 0.654. The highest BCUT2D eigenvalue weighted by Gasteiger charge is 2.26. The first kappa shape index (κ1) is 14.1. The maximum Gasteiger partial charge on any atom is 0.220 e. The molecule has 4 aromatic rings. The molecule has 124 valence electrons. The number of benzene rings is 1. The van der Waals surface area contributed by atoms with Crippen molar-refractivity contribution in [3.05, 3.63) is 55.0 Å². The minimum atomic E-state index is 0.654. The molecule has 0 radical (unpaired) electrons. The van der Waals surface area contributed by atoms with Crippen LogP contribution < -0.4 is 9.47 Å². The van der Waals surface area contributed by atoms with E-state index in [9.17, 15) is 0 Å². The van der Waals surface area contributed by atoms with Crippen LogP contribution in [0.25, 0.3) is 28.0 Å². The summed E-state index contributed by atoms with van der Waals surface area (Å²) < 4.78 is 15.2. The zero-order chi connectivity index (χ0) is 16.8. The second kappa shape index (κ2) is 5.37. The number of aromatic nitrogens is 4. The van der Waals surface area contributed by atoms with Crippen molar-refractivity contribution in [3.8, 4) is 34.0 Å². The van der Waals surface area contributed by atoms with Gasteiger partial charge in [-0.3, -0.25) is 0 Å². The van der Waals surface area contributed by atoms with Crippen LogP contribution >= 0.6 is 0 Å². The third kappa shape index (κ3) is 2.18. The summed E-state index contributed by atoms with van der Waals surface area (Å²) in [5.74, 6) is 1.62. The van der Waals surface area contributed by atoms with E-state index < -0.39 is 0 Å². The van der Waals surface area contributed by atoms with Crippen molar-refractivity contribution in [1.29, 1.82) is 0 Å². The van der Waals surface area contributed by atoms with Crippen molar-refractivity contribution in [2.45, 2.75) is 6.54 Å². The largest absolute Gasteiger partial charge is 0.497 e. The van der Waals surface area contributed by atoms with Crippen LogP contribution in [0.15, 0.2) is 55.0 Å². The molecule has 6 heteroatoms. The molecule has 0 N–H and O–H groups in total. The summed E-state index contributed by atoms with van der Waals surface area (Å²) in [4.78, 5) is 4.31. The van der Waals surface area contributed by atoms with Crippen molar-refractivity contribution >= 4 is 5.65 Å². The molecule has 1 aliphatic rings. The molecule has 0 aliphatic carbocycles. The van der Waals surface area contributed by atoms with Crippen molar-refractivity contribution in [2.75, 3.05) is 13.7 Å². The lowest BCUT2D eigenvalue weighted by molar-refractivity contribution is 0.358. The Balaban J connectivity index is 1.74. The molecule has 25 heavy (non-hydrogen) atoms. The molecule has 3 aromatic heterocycles. The van der Waals surface area contributed by atoms with Gasteiger partial charge in [-0.2, -0.15) is 5.10 Å². The predicted molar refractivity (Wildman–Crippen MR) is 93.9 cm³/mol. The Labute approximate surface area is 144 Å². The second-order valence-corrected chi connectivity index (χ2v) is 5.94. The molecule has 0 fully saturated rings. The summed E-state index contributed by atoms with van der Waals surface area (Å²) in [6.45, 7) is 1.42. The maximum atomic E-state index is 5.88. The number of nitrogens with zero attached hydrogens (tertiary/aromatic N) is 4. The first-order chi connectivity index (χ1) is 12.3. The van der Waals surface area contributed by atoms with E-state index in [0.717, 1.165) is 46.2 Å². The summed E-state index contributed by atoms with van der Waals surface area (Å²) in [5, 5.41) is 4.79. The topological polar surface area (TPSA) is 53.6 Å². The average Bonchev–Trinajstić information content (AvgIpc) is 3.36. The number of rotatable bonds is 3. The van der Waals surface area contributed by atoms with Gasteiger partial charge in [-0.25, -0.2) is 9.67 Å². The van der Waals surface area contributed by atoms with Crippen LogP contribution in [-0.2, 0) is 6.54 Å². The summed E-state index contributed by atoms with van der Waals surface area (Å²) in [7, 11) is 1.67. The van der Waals surface area contributed by atoms with Gasteiger partial charge >= 0.3 is 0 Å². The first-order valence-corrected chi connectivity index (χ1v) is 8.14. The number of methoxy groups -OCH3 is 1. The molecule has 5 rings (SSSR count). The van der Waals surface area contributed by atoms with E-state index in [1.165, 1.54) is 0 Å². The van der Waals surface area contributed by atoms with E-state index in [2.05, 4.69) is 17.2 Å². The number of pyridine rings is 1.